The van der Waals surface area contributed by atoms with E-state index >= 15 is 0 Å². The monoisotopic (exact) mass is 171 g/mol. The smallest absolute Gasteiger partial charge is 0.314 e. The first-order valence-corrected chi connectivity index (χ1v) is 3.36. The molecule has 0 aliphatic heterocycles. The zero-order valence-corrected chi connectivity index (χ0v) is 6.83. The largest absolute Gasteiger partial charge is 0.481 e. The molecule has 5 nitrogen and oxygen atoms in total. The minimum atomic E-state index is -0.931. The van der Waals surface area contributed by atoms with Gasteiger partial charge >= 0.3 is 11.9 Å². The Bertz CT molecular complexity index is 292. The van der Waals surface area contributed by atoms with Crippen LogP contribution in [-0.2, 0) is 11.2 Å². The van der Waals surface area contributed by atoms with Gasteiger partial charge < -0.3 is 14.4 Å². The summed E-state index contributed by atoms with van der Waals surface area (Å²) in [4.78, 5) is 10.4. The third kappa shape index (κ3) is 1.55. The molecule has 0 amide bonds. The third-order valence-electron chi connectivity index (χ3n) is 1.46. The second-order valence-electron chi connectivity index (χ2n) is 2.31. The number of nitrogens with zero attached hydrogens (tertiary/aromatic N) is 1. The number of aliphatic carboxylic acids is 1. The molecule has 0 radical (unpaired) electrons. The molecule has 66 valence electrons. The van der Waals surface area contributed by atoms with E-state index in [1.807, 2.05) is 0 Å². The normalized spacial score (nSPS) is 9.83. The predicted molar refractivity (Wildman–Crippen MR) is 39.1 cm³/mol. The lowest BCUT2D eigenvalue weighted by molar-refractivity contribution is -0.136. The maximum atomic E-state index is 10.4. The Balaban J connectivity index is 2.94. The highest BCUT2D eigenvalue weighted by Gasteiger charge is 2.15. The fraction of sp³-hybridized carbons (Fsp3) is 0.429. The highest BCUT2D eigenvalue weighted by atomic mass is 16.6. The Morgan fingerprint density at radius 3 is 2.92 bits per heavy atom. The Kier molecular flexibility index (Phi) is 2.32. The predicted octanol–water partition coefficient (Wildman–Crippen LogP) is 0.619. The van der Waals surface area contributed by atoms with Gasteiger partial charge in [0.2, 0.25) is 0 Å². The summed E-state index contributed by atoms with van der Waals surface area (Å²) in [5.74, 6) is -0.755. The number of carboxylic acid groups (broad SMARTS) is 1. The van der Waals surface area contributed by atoms with Gasteiger partial charge in [0.15, 0.2) is 0 Å². The number of aryl methyl sites for hydroxylation is 1. The quantitative estimate of drug-likeness (QED) is 0.721. The van der Waals surface area contributed by atoms with Gasteiger partial charge in [-0.15, -0.1) is 0 Å². The molecule has 0 spiro atoms. The van der Waals surface area contributed by atoms with Crippen molar-refractivity contribution in [1.82, 2.24) is 5.16 Å². The number of hydrogen-bond donors (Lipinski definition) is 1. The van der Waals surface area contributed by atoms with Crippen LogP contribution in [0.1, 0.15) is 11.3 Å². The molecule has 0 unspecified atom stereocenters. The molecule has 12 heavy (non-hydrogen) atoms. The van der Waals surface area contributed by atoms with Gasteiger partial charge in [-0.25, -0.2) is 0 Å². The molecular weight excluding hydrogens is 162 g/mol. The van der Waals surface area contributed by atoms with Crippen LogP contribution in [0.25, 0.3) is 0 Å². The van der Waals surface area contributed by atoms with Crippen molar-refractivity contribution in [3.8, 4) is 5.95 Å². The van der Waals surface area contributed by atoms with E-state index in [9.17, 15) is 4.79 Å². The summed E-state index contributed by atoms with van der Waals surface area (Å²) >= 11 is 0. The van der Waals surface area contributed by atoms with E-state index in [1.165, 1.54) is 7.11 Å². The van der Waals surface area contributed by atoms with E-state index in [-0.39, 0.29) is 12.4 Å². The Labute approximate surface area is 68.9 Å². The van der Waals surface area contributed by atoms with Crippen LogP contribution in [0.2, 0.25) is 0 Å². The van der Waals surface area contributed by atoms with E-state index in [0.29, 0.717) is 11.3 Å². The van der Waals surface area contributed by atoms with Crippen LogP contribution in [0.3, 0.4) is 0 Å². The number of hydrogen-bond acceptors (Lipinski definition) is 4. The summed E-state index contributed by atoms with van der Waals surface area (Å²) in [5.41, 5.74) is 1.04. The first kappa shape index (κ1) is 8.58. The van der Waals surface area contributed by atoms with Crippen LogP contribution in [0.15, 0.2) is 4.52 Å². The van der Waals surface area contributed by atoms with Crippen LogP contribution in [-0.4, -0.2) is 23.3 Å². The van der Waals surface area contributed by atoms with Gasteiger partial charge in [-0.05, 0) is 6.92 Å². The standard InChI is InChI=1S/C7H9NO4/c1-4-5(3-6(9)10)7(11-2)12-8-4/h3H2,1-2H3,(H,9,10). The van der Waals surface area contributed by atoms with E-state index in [2.05, 4.69) is 5.16 Å². The molecule has 0 aromatic carbocycles. The van der Waals surface area contributed by atoms with Crippen molar-refractivity contribution in [3.63, 3.8) is 0 Å². The fourth-order valence-electron chi connectivity index (χ4n) is 0.880. The zero-order valence-electron chi connectivity index (χ0n) is 6.83. The van der Waals surface area contributed by atoms with Crippen molar-refractivity contribution in [2.45, 2.75) is 13.3 Å². The summed E-state index contributed by atoms with van der Waals surface area (Å²) in [7, 11) is 1.41. The minimum Gasteiger partial charge on any atom is -0.481 e. The van der Waals surface area contributed by atoms with Crippen molar-refractivity contribution in [2.24, 2.45) is 0 Å². The highest BCUT2D eigenvalue weighted by Crippen LogP contribution is 2.21. The number of rotatable bonds is 3. The topological polar surface area (TPSA) is 72.6 Å². The number of carboxylic acids is 1. The molecule has 1 heterocycles. The number of ether oxygens (including phenoxy) is 1. The first-order chi connectivity index (χ1) is 5.65. The van der Waals surface area contributed by atoms with Gasteiger partial charge in [-0.3, -0.25) is 4.79 Å². The maximum absolute atomic E-state index is 10.4. The molecule has 0 saturated heterocycles. The molecule has 0 aliphatic carbocycles. The number of carbonyl (C=O) groups is 1. The molecule has 0 bridgehead atoms. The Morgan fingerprint density at radius 1 is 1.75 bits per heavy atom. The SMILES string of the molecule is COc1onc(C)c1CC(=O)O. The molecular formula is C7H9NO4. The van der Waals surface area contributed by atoms with Gasteiger partial charge in [0.1, 0.15) is 0 Å². The fourth-order valence-corrected chi connectivity index (χ4v) is 0.880. The molecule has 0 fully saturated rings. The molecule has 1 rings (SSSR count). The van der Waals surface area contributed by atoms with Crippen molar-refractivity contribution >= 4 is 5.97 Å². The molecule has 0 atom stereocenters. The summed E-state index contributed by atoms with van der Waals surface area (Å²) in [6.45, 7) is 1.67. The second-order valence-corrected chi connectivity index (χ2v) is 2.31. The van der Waals surface area contributed by atoms with Gasteiger partial charge in [0, 0.05) is 0 Å². The third-order valence-corrected chi connectivity index (χ3v) is 1.46. The van der Waals surface area contributed by atoms with Crippen molar-refractivity contribution in [2.75, 3.05) is 7.11 Å². The van der Waals surface area contributed by atoms with E-state index < -0.39 is 5.97 Å². The lowest BCUT2D eigenvalue weighted by Gasteiger charge is -1.95. The van der Waals surface area contributed by atoms with Gasteiger partial charge in [0.25, 0.3) is 0 Å². The van der Waals surface area contributed by atoms with Crippen LogP contribution in [0, 0.1) is 6.92 Å². The van der Waals surface area contributed by atoms with Crippen molar-refractivity contribution in [1.29, 1.82) is 0 Å². The van der Waals surface area contributed by atoms with Crippen molar-refractivity contribution < 1.29 is 19.2 Å². The minimum absolute atomic E-state index is 0.126. The van der Waals surface area contributed by atoms with Gasteiger partial charge in [-0.2, -0.15) is 0 Å². The van der Waals surface area contributed by atoms with Crippen LogP contribution in [0.5, 0.6) is 5.95 Å². The van der Waals surface area contributed by atoms with Crippen molar-refractivity contribution in [3.05, 3.63) is 11.3 Å². The molecule has 0 saturated carbocycles. The average molecular weight is 171 g/mol. The molecule has 0 aliphatic rings. The van der Waals surface area contributed by atoms with E-state index in [0.717, 1.165) is 0 Å². The van der Waals surface area contributed by atoms with E-state index in [1.54, 1.807) is 6.92 Å². The van der Waals surface area contributed by atoms with Crippen LogP contribution < -0.4 is 4.74 Å². The average Bonchev–Trinajstić information content (AvgIpc) is 2.32. The lowest BCUT2D eigenvalue weighted by atomic mass is 10.2. The maximum Gasteiger partial charge on any atom is 0.314 e. The Morgan fingerprint density at radius 2 is 2.42 bits per heavy atom. The highest BCUT2D eigenvalue weighted by molar-refractivity contribution is 5.71. The summed E-state index contributed by atoms with van der Waals surface area (Å²) in [6.07, 6.45) is -0.126. The molecule has 1 aromatic rings. The first-order valence-electron chi connectivity index (χ1n) is 3.36. The van der Waals surface area contributed by atoms with Gasteiger partial charge in [0.05, 0.1) is 24.8 Å². The molecule has 1 N–H and O–H groups in total. The van der Waals surface area contributed by atoms with Crippen LogP contribution >= 0.6 is 0 Å². The Hall–Kier alpha value is -1.52. The zero-order chi connectivity index (χ0) is 9.14. The lowest BCUT2D eigenvalue weighted by Crippen LogP contribution is -2.01. The number of aromatic nitrogens is 1. The summed E-state index contributed by atoms with van der Waals surface area (Å²) < 4.78 is 9.48. The summed E-state index contributed by atoms with van der Waals surface area (Å²) in [6, 6.07) is 0. The number of methoxy groups -OCH3 is 1. The van der Waals surface area contributed by atoms with Gasteiger partial charge in [-0.1, -0.05) is 5.16 Å². The van der Waals surface area contributed by atoms with E-state index in [4.69, 9.17) is 14.4 Å². The second kappa shape index (κ2) is 3.25. The summed E-state index contributed by atoms with van der Waals surface area (Å²) in [5, 5.41) is 12.1. The van der Waals surface area contributed by atoms with Crippen LogP contribution in [0.4, 0.5) is 0 Å². The molecule has 1 aromatic heterocycles. The molecule has 5 heteroatoms.